The Kier molecular flexibility index (Phi) is 3.25. The van der Waals surface area contributed by atoms with E-state index in [1.54, 1.807) is 24.3 Å². The molecule has 1 N–H and O–H groups in total. The summed E-state index contributed by atoms with van der Waals surface area (Å²) in [7, 11) is 0. The van der Waals surface area contributed by atoms with Crippen LogP contribution in [0.3, 0.4) is 0 Å². The molecule has 1 heterocycles. The number of rotatable bonds is 3. The number of hydrogen-bond donors (Lipinski definition) is 1. The number of benzene rings is 1. The van der Waals surface area contributed by atoms with Crippen molar-refractivity contribution < 1.29 is 4.39 Å². The molecule has 0 bridgehead atoms. The first kappa shape index (κ1) is 11.1. The average Bonchev–Trinajstić information content (AvgIpc) is 2.77. The van der Waals surface area contributed by atoms with Crippen molar-refractivity contribution >= 4 is 17.0 Å². The lowest BCUT2D eigenvalue weighted by Crippen LogP contribution is -2.05. The summed E-state index contributed by atoms with van der Waals surface area (Å²) in [5.74, 6) is -0.159. The lowest BCUT2D eigenvalue weighted by Gasteiger charge is -2.14. The molecule has 0 saturated carbocycles. The largest absolute Gasteiger partial charge is 0.378 e. The molecule has 0 aliphatic heterocycles. The molecule has 1 aromatic heterocycles. The van der Waals surface area contributed by atoms with E-state index in [1.807, 2.05) is 6.07 Å². The summed E-state index contributed by atoms with van der Waals surface area (Å²) >= 11 is 1.68. The van der Waals surface area contributed by atoms with Gasteiger partial charge in [0.05, 0.1) is 0 Å². The van der Waals surface area contributed by atoms with Gasteiger partial charge in [0.25, 0.3) is 0 Å². The average molecular weight is 235 g/mol. The van der Waals surface area contributed by atoms with Gasteiger partial charge in [-0.3, -0.25) is 0 Å². The number of anilines is 1. The summed E-state index contributed by atoms with van der Waals surface area (Å²) in [6, 6.07) is 7.44. The van der Waals surface area contributed by atoms with Crippen LogP contribution in [0.25, 0.3) is 0 Å². The van der Waals surface area contributed by atoms with Crippen molar-refractivity contribution in [3.8, 4) is 0 Å². The van der Waals surface area contributed by atoms with Gasteiger partial charge in [-0.2, -0.15) is 11.3 Å². The monoisotopic (exact) mass is 235 g/mol. The van der Waals surface area contributed by atoms with Crippen molar-refractivity contribution in [3.63, 3.8) is 0 Å². The summed E-state index contributed by atoms with van der Waals surface area (Å²) in [4.78, 5) is 0. The van der Waals surface area contributed by atoms with Crippen LogP contribution in [-0.2, 0) is 0 Å². The Morgan fingerprint density at radius 1 is 1.31 bits per heavy atom. The fourth-order valence-corrected chi connectivity index (χ4v) is 2.34. The van der Waals surface area contributed by atoms with E-state index < -0.39 is 0 Å². The van der Waals surface area contributed by atoms with Crippen LogP contribution in [0.4, 0.5) is 10.1 Å². The zero-order valence-corrected chi connectivity index (χ0v) is 10.1. The topological polar surface area (TPSA) is 12.0 Å². The summed E-state index contributed by atoms with van der Waals surface area (Å²) in [5, 5.41) is 7.53. The van der Waals surface area contributed by atoms with Gasteiger partial charge in [-0.25, -0.2) is 4.39 Å². The zero-order chi connectivity index (χ0) is 11.5. The number of thiophene rings is 1. The number of aryl methyl sites for hydroxylation is 1. The standard InChI is InChI=1S/C13H14FNS/c1-9-7-12(3-4-13(9)14)15-10(2)11-5-6-16-8-11/h3-8,10,15H,1-2H3. The van der Waals surface area contributed by atoms with Gasteiger partial charge in [-0.1, -0.05) is 0 Å². The first-order chi connectivity index (χ1) is 7.66. The molecule has 0 fully saturated rings. The quantitative estimate of drug-likeness (QED) is 0.833. The Hall–Kier alpha value is -1.35. The number of hydrogen-bond acceptors (Lipinski definition) is 2. The predicted molar refractivity (Wildman–Crippen MR) is 67.5 cm³/mol. The van der Waals surface area contributed by atoms with Gasteiger partial charge >= 0.3 is 0 Å². The first-order valence-corrected chi connectivity index (χ1v) is 6.16. The molecule has 0 spiro atoms. The molecule has 0 aliphatic carbocycles. The Morgan fingerprint density at radius 2 is 2.12 bits per heavy atom. The maximum Gasteiger partial charge on any atom is 0.126 e. The van der Waals surface area contributed by atoms with Crippen molar-refractivity contribution in [3.05, 3.63) is 52.0 Å². The van der Waals surface area contributed by atoms with Crippen LogP contribution in [0.15, 0.2) is 35.0 Å². The van der Waals surface area contributed by atoms with Crippen LogP contribution in [-0.4, -0.2) is 0 Å². The molecule has 84 valence electrons. The molecule has 0 radical (unpaired) electrons. The van der Waals surface area contributed by atoms with E-state index in [-0.39, 0.29) is 11.9 Å². The Morgan fingerprint density at radius 3 is 2.75 bits per heavy atom. The molecule has 1 atom stereocenters. The molecule has 2 rings (SSSR count). The molecule has 16 heavy (non-hydrogen) atoms. The molecular weight excluding hydrogens is 221 g/mol. The van der Waals surface area contributed by atoms with Crippen molar-refractivity contribution in [2.45, 2.75) is 19.9 Å². The number of halogens is 1. The third-order valence-corrected chi connectivity index (χ3v) is 3.29. The predicted octanol–water partition coefficient (Wildman–Crippen LogP) is 4.37. The van der Waals surface area contributed by atoms with Crippen LogP contribution in [0.1, 0.15) is 24.1 Å². The zero-order valence-electron chi connectivity index (χ0n) is 9.33. The van der Waals surface area contributed by atoms with Crippen LogP contribution in [0.5, 0.6) is 0 Å². The highest BCUT2D eigenvalue weighted by atomic mass is 32.1. The smallest absolute Gasteiger partial charge is 0.126 e. The molecule has 0 amide bonds. The minimum Gasteiger partial charge on any atom is -0.378 e. The van der Waals surface area contributed by atoms with Gasteiger partial charge in [0.1, 0.15) is 5.82 Å². The SMILES string of the molecule is Cc1cc(NC(C)c2ccsc2)ccc1F. The van der Waals surface area contributed by atoms with Crippen molar-refractivity contribution in [2.24, 2.45) is 0 Å². The lowest BCUT2D eigenvalue weighted by atomic mass is 10.1. The van der Waals surface area contributed by atoms with Crippen molar-refractivity contribution in [2.75, 3.05) is 5.32 Å². The van der Waals surface area contributed by atoms with E-state index in [0.717, 1.165) is 5.69 Å². The van der Waals surface area contributed by atoms with Gasteiger partial charge in [-0.05, 0) is 60.0 Å². The van der Waals surface area contributed by atoms with Crippen molar-refractivity contribution in [1.29, 1.82) is 0 Å². The van der Waals surface area contributed by atoms with E-state index in [2.05, 4.69) is 29.1 Å². The maximum absolute atomic E-state index is 13.1. The molecule has 0 aliphatic rings. The lowest BCUT2D eigenvalue weighted by molar-refractivity contribution is 0.618. The van der Waals surface area contributed by atoms with Gasteiger partial charge < -0.3 is 5.32 Å². The molecule has 1 unspecified atom stereocenters. The minimum absolute atomic E-state index is 0.159. The summed E-state index contributed by atoms with van der Waals surface area (Å²) in [5.41, 5.74) is 2.88. The van der Waals surface area contributed by atoms with E-state index in [4.69, 9.17) is 0 Å². The highest BCUT2D eigenvalue weighted by molar-refractivity contribution is 7.07. The first-order valence-electron chi connectivity index (χ1n) is 5.21. The fourth-order valence-electron chi connectivity index (χ4n) is 1.59. The third kappa shape index (κ3) is 2.42. The van der Waals surface area contributed by atoms with Crippen LogP contribution in [0.2, 0.25) is 0 Å². The fraction of sp³-hybridized carbons (Fsp3) is 0.231. The molecule has 1 nitrogen and oxygen atoms in total. The third-order valence-electron chi connectivity index (χ3n) is 2.58. The van der Waals surface area contributed by atoms with Crippen LogP contribution in [0, 0.1) is 12.7 Å². The normalized spacial score (nSPS) is 12.4. The summed E-state index contributed by atoms with van der Waals surface area (Å²) in [6.07, 6.45) is 0. The second-order valence-corrected chi connectivity index (χ2v) is 4.67. The van der Waals surface area contributed by atoms with E-state index in [1.165, 1.54) is 11.6 Å². The highest BCUT2D eigenvalue weighted by Crippen LogP contribution is 2.22. The molecular formula is C13H14FNS. The van der Waals surface area contributed by atoms with E-state index in [0.29, 0.717) is 5.56 Å². The Bertz CT molecular complexity index is 465. The van der Waals surface area contributed by atoms with Crippen LogP contribution < -0.4 is 5.32 Å². The summed E-state index contributed by atoms with van der Waals surface area (Å²) in [6.45, 7) is 3.87. The van der Waals surface area contributed by atoms with E-state index in [9.17, 15) is 4.39 Å². The number of nitrogens with one attached hydrogen (secondary N) is 1. The Labute approximate surface area is 98.9 Å². The summed E-state index contributed by atoms with van der Waals surface area (Å²) < 4.78 is 13.1. The molecule has 2 aromatic rings. The minimum atomic E-state index is -0.159. The van der Waals surface area contributed by atoms with Gasteiger partial charge in [0.15, 0.2) is 0 Å². The Balaban J connectivity index is 2.12. The second kappa shape index (κ2) is 4.66. The highest BCUT2D eigenvalue weighted by Gasteiger charge is 2.06. The maximum atomic E-state index is 13.1. The molecule has 0 saturated heterocycles. The molecule has 1 aromatic carbocycles. The van der Waals surface area contributed by atoms with Gasteiger partial charge in [0, 0.05) is 11.7 Å². The second-order valence-electron chi connectivity index (χ2n) is 3.89. The van der Waals surface area contributed by atoms with Crippen molar-refractivity contribution in [1.82, 2.24) is 0 Å². The van der Waals surface area contributed by atoms with Gasteiger partial charge in [0.2, 0.25) is 0 Å². The molecule has 3 heteroatoms. The van der Waals surface area contributed by atoms with E-state index >= 15 is 0 Å². The van der Waals surface area contributed by atoms with Crippen LogP contribution >= 0.6 is 11.3 Å². The van der Waals surface area contributed by atoms with Gasteiger partial charge in [-0.15, -0.1) is 0 Å².